The van der Waals surface area contributed by atoms with Crippen molar-refractivity contribution in [2.45, 2.75) is 26.2 Å². The number of aromatic nitrogens is 4. The van der Waals surface area contributed by atoms with Crippen LogP contribution in [0, 0.1) is 0 Å². The van der Waals surface area contributed by atoms with E-state index in [0.717, 1.165) is 23.4 Å². The van der Waals surface area contributed by atoms with Crippen LogP contribution in [0.3, 0.4) is 0 Å². The van der Waals surface area contributed by atoms with Gasteiger partial charge in [-0.1, -0.05) is 13.8 Å². The fourth-order valence-electron chi connectivity index (χ4n) is 1.21. The number of hydrogen-bond donors (Lipinski definition) is 1. The second-order valence-corrected chi connectivity index (χ2v) is 3.19. The summed E-state index contributed by atoms with van der Waals surface area (Å²) >= 11 is 0. The Hall–Kier alpha value is -1.45. The van der Waals surface area contributed by atoms with Gasteiger partial charge in [0.2, 0.25) is 0 Å². The van der Waals surface area contributed by atoms with Crippen LogP contribution in [0.4, 0.5) is 0 Å². The Morgan fingerprint density at radius 3 is 3.08 bits per heavy atom. The third kappa shape index (κ3) is 1.39. The zero-order valence-corrected chi connectivity index (χ0v) is 7.78. The maximum atomic E-state index is 4.40. The average molecular weight is 176 g/mol. The smallest absolute Gasteiger partial charge is 0.160 e. The molecule has 68 valence electrons. The molecular weight excluding hydrogens is 164 g/mol. The van der Waals surface area contributed by atoms with Gasteiger partial charge in [0.25, 0.3) is 0 Å². The molecule has 13 heavy (non-hydrogen) atoms. The Morgan fingerprint density at radius 1 is 1.54 bits per heavy atom. The summed E-state index contributed by atoms with van der Waals surface area (Å²) in [5.41, 5.74) is 1.67. The van der Waals surface area contributed by atoms with Crippen LogP contribution in [-0.2, 0) is 0 Å². The molecule has 0 aliphatic rings. The predicted octanol–water partition coefficient (Wildman–Crippen LogP) is 1.87. The van der Waals surface area contributed by atoms with Gasteiger partial charge in [-0.05, 0) is 6.42 Å². The largest absolute Gasteiger partial charge is 0.326 e. The maximum Gasteiger partial charge on any atom is 0.160 e. The topological polar surface area (TPSA) is 54.5 Å². The molecule has 4 nitrogen and oxygen atoms in total. The minimum Gasteiger partial charge on any atom is -0.326 e. The molecule has 0 aliphatic carbocycles. The number of nitrogens with one attached hydrogen (secondary N) is 1. The van der Waals surface area contributed by atoms with E-state index >= 15 is 0 Å². The standard InChI is InChI=1S/C9H12N4/c1-3-6(2)8-12-7-4-10-5-11-9(7)13-8/h4-6H,3H2,1-2H3,(H,10,11,12,13). The van der Waals surface area contributed by atoms with Crippen LogP contribution in [0.1, 0.15) is 32.0 Å². The van der Waals surface area contributed by atoms with Gasteiger partial charge in [0.05, 0.1) is 6.20 Å². The number of H-pyrrole nitrogens is 1. The van der Waals surface area contributed by atoms with Gasteiger partial charge in [-0.25, -0.2) is 15.0 Å². The van der Waals surface area contributed by atoms with E-state index < -0.39 is 0 Å². The molecular formula is C9H12N4. The number of aromatic amines is 1. The average Bonchev–Trinajstić information content (AvgIpc) is 2.59. The molecule has 0 aliphatic heterocycles. The minimum atomic E-state index is 0.453. The zero-order chi connectivity index (χ0) is 9.26. The third-order valence-electron chi connectivity index (χ3n) is 2.26. The van der Waals surface area contributed by atoms with Crippen molar-refractivity contribution >= 4 is 11.2 Å². The van der Waals surface area contributed by atoms with Crippen LogP contribution in [0.2, 0.25) is 0 Å². The molecule has 0 aromatic carbocycles. The summed E-state index contributed by atoms with van der Waals surface area (Å²) < 4.78 is 0. The first-order valence-electron chi connectivity index (χ1n) is 4.47. The molecule has 1 unspecified atom stereocenters. The van der Waals surface area contributed by atoms with Crippen molar-refractivity contribution in [3.8, 4) is 0 Å². The Kier molecular flexibility index (Phi) is 1.96. The SMILES string of the molecule is CCC(C)c1nc2cncnc2[nH]1. The summed E-state index contributed by atoms with van der Waals surface area (Å²) in [7, 11) is 0. The highest BCUT2D eigenvalue weighted by atomic mass is 15.0. The Labute approximate surface area is 76.4 Å². The second kappa shape index (κ2) is 3.12. The number of imidazole rings is 1. The lowest BCUT2D eigenvalue weighted by Crippen LogP contribution is -1.93. The van der Waals surface area contributed by atoms with E-state index in [1.54, 1.807) is 6.20 Å². The first-order chi connectivity index (χ1) is 6.31. The highest BCUT2D eigenvalue weighted by molar-refractivity contribution is 5.68. The number of rotatable bonds is 2. The number of nitrogens with zero attached hydrogens (tertiary/aromatic N) is 3. The Bertz CT molecular complexity index is 374. The number of fused-ring (bicyclic) bond motifs is 1. The first-order valence-corrected chi connectivity index (χ1v) is 4.47. The van der Waals surface area contributed by atoms with E-state index in [-0.39, 0.29) is 0 Å². The molecule has 1 atom stereocenters. The molecule has 0 saturated heterocycles. The van der Waals surface area contributed by atoms with Crippen molar-refractivity contribution in [1.29, 1.82) is 0 Å². The molecule has 2 heterocycles. The lowest BCUT2D eigenvalue weighted by molar-refractivity contribution is 0.691. The molecule has 0 amide bonds. The van der Waals surface area contributed by atoms with Crippen molar-refractivity contribution in [2.75, 3.05) is 0 Å². The van der Waals surface area contributed by atoms with E-state index in [0.29, 0.717) is 5.92 Å². The van der Waals surface area contributed by atoms with Crippen LogP contribution in [0.15, 0.2) is 12.5 Å². The molecule has 2 rings (SSSR count). The molecule has 0 saturated carbocycles. The van der Waals surface area contributed by atoms with Gasteiger partial charge in [0, 0.05) is 5.92 Å². The van der Waals surface area contributed by atoms with Crippen molar-refractivity contribution in [1.82, 2.24) is 19.9 Å². The molecule has 0 radical (unpaired) electrons. The summed E-state index contributed by atoms with van der Waals surface area (Å²) in [4.78, 5) is 15.6. The number of hydrogen-bond acceptors (Lipinski definition) is 3. The summed E-state index contributed by atoms with van der Waals surface area (Å²) in [6.07, 6.45) is 4.33. The fourth-order valence-corrected chi connectivity index (χ4v) is 1.21. The second-order valence-electron chi connectivity index (χ2n) is 3.19. The normalized spacial score (nSPS) is 13.4. The molecule has 1 N–H and O–H groups in total. The molecule has 2 aromatic heterocycles. The van der Waals surface area contributed by atoms with Crippen molar-refractivity contribution in [3.63, 3.8) is 0 Å². The summed E-state index contributed by atoms with van der Waals surface area (Å²) in [6, 6.07) is 0. The van der Waals surface area contributed by atoms with E-state index in [1.807, 2.05) is 0 Å². The van der Waals surface area contributed by atoms with Crippen LogP contribution in [0.25, 0.3) is 11.2 Å². The van der Waals surface area contributed by atoms with Gasteiger partial charge in [0.15, 0.2) is 5.65 Å². The van der Waals surface area contributed by atoms with E-state index in [1.165, 1.54) is 6.33 Å². The molecule has 2 aromatic rings. The maximum absolute atomic E-state index is 4.40. The van der Waals surface area contributed by atoms with Gasteiger partial charge >= 0.3 is 0 Å². The predicted molar refractivity (Wildman–Crippen MR) is 50.4 cm³/mol. The summed E-state index contributed by atoms with van der Waals surface area (Å²) in [6.45, 7) is 4.29. The fraction of sp³-hybridized carbons (Fsp3) is 0.444. The van der Waals surface area contributed by atoms with Crippen LogP contribution in [-0.4, -0.2) is 19.9 Å². The van der Waals surface area contributed by atoms with Gasteiger partial charge in [0.1, 0.15) is 17.7 Å². The first kappa shape index (κ1) is 8.16. The van der Waals surface area contributed by atoms with Crippen molar-refractivity contribution in [3.05, 3.63) is 18.3 Å². The van der Waals surface area contributed by atoms with Crippen LogP contribution in [0.5, 0.6) is 0 Å². The van der Waals surface area contributed by atoms with E-state index in [4.69, 9.17) is 0 Å². The van der Waals surface area contributed by atoms with E-state index in [9.17, 15) is 0 Å². The highest BCUT2D eigenvalue weighted by Crippen LogP contribution is 2.17. The molecule has 4 heteroatoms. The van der Waals surface area contributed by atoms with Crippen molar-refractivity contribution in [2.24, 2.45) is 0 Å². The quantitative estimate of drug-likeness (QED) is 0.759. The van der Waals surface area contributed by atoms with E-state index in [2.05, 4.69) is 33.8 Å². The minimum absolute atomic E-state index is 0.453. The van der Waals surface area contributed by atoms with Crippen LogP contribution < -0.4 is 0 Å². The summed E-state index contributed by atoms with van der Waals surface area (Å²) in [5, 5.41) is 0. The Balaban J connectivity index is 2.49. The van der Waals surface area contributed by atoms with Gasteiger partial charge in [-0.15, -0.1) is 0 Å². The lowest BCUT2D eigenvalue weighted by Gasteiger charge is -2.01. The molecule has 0 fully saturated rings. The molecule has 0 spiro atoms. The zero-order valence-electron chi connectivity index (χ0n) is 7.78. The highest BCUT2D eigenvalue weighted by Gasteiger charge is 2.08. The summed E-state index contributed by atoms with van der Waals surface area (Å²) in [5.74, 6) is 1.45. The lowest BCUT2D eigenvalue weighted by atomic mass is 10.1. The van der Waals surface area contributed by atoms with Gasteiger partial charge in [-0.2, -0.15) is 0 Å². The molecule has 0 bridgehead atoms. The Morgan fingerprint density at radius 2 is 2.38 bits per heavy atom. The third-order valence-corrected chi connectivity index (χ3v) is 2.26. The van der Waals surface area contributed by atoms with Crippen LogP contribution >= 0.6 is 0 Å². The van der Waals surface area contributed by atoms with Gasteiger partial charge in [-0.3, -0.25) is 0 Å². The van der Waals surface area contributed by atoms with Gasteiger partial charge < -0.3 is 4.98 Å². The monoisotopic (exact) mass is 176 g/mol. The van der Waals surface area contributed by atoms with Crippen molar-refractivity contribution < 1.29 is 0 Å².